The van der Waals surface area contributed by atoms with Crippen LogP contribution in [0.15, 0.2) is 18.3 Å². The second-order valence-electron chi connectivity index (χ2n) is 4.67. The molecule has 4 heteroatoms. The van der Waals surface area contributed by atoms with E-state index < -0.39 is 0 Å². The van der Waals surface area contributed by atoms with E-state index >= 15 is 0 Å². The first kappa shape index (κ1) is 10.8. The van der Waals surface area contributed by atoms with Crippen molar-refractivity contribution in [3.8, 4) is 5.75 Å². The van der Waals surface area contributed by atoms with Crippen molar-refractivity contribution in [3.63, 3.8) is 0 Å². The number of rotatable bonds is 2. The highest BCUT2D eigenvalue weighted by atomic mass is 127. The molecule has 1 N–H and O–H groups in total. The molecule has 0 aliphatic carbocycles. The highest BCUT2D eigenvalue weighted by Gasteiger charge is 2.34. The fourth-order valence-corrected chi connectivity index (χ4v) is 3.04. The molecule has 0 aromatic carbocycles. The molecule has 16 heavy (non-hydrogen) atoms. The van der Waals surface area contributed by atoms with E-state index in [0.717, 1.165) is 22.3 Å². The molecule has 2 fully saturated rings. The van der Waals surface area contributed by atoms with Crippen LogP contribution in [0.5, 0.6) is 5.75 Å². The second kappa shape index (κ2) is 4.49. The number of nitrogens with zero attached hydrogens (tertiary/aromatic N) is 1. The lowest BCUT2D eigenvalue weighted by atomic mass is 10.0. The van der Waals surface area contributed by atoms with E-state index in [-0.39, 0.29) is 0 Å². The highest BCUT2D eigenvalue weighted by Crippen LogP contribution is 2.29. The van der Waals surface area contributed by atoms with Crippen molar-refractivity contribution >= 4 is 22.6 Å². The van der Waals surface area contributed by atoms with Crippen molar-refractivity contribution in [3.05, 3.63) is 22.0 Å². The normalized spacial score (nSPS) is 32.7. The predicted molar refractivity (Wildman–Crippen MR) is 70.5 cm³/mol. The van der Waals surface area contributed by atoms with Crippen LogP contribution >= 0.6 is 22.6 Å². The standard InChI is InChI=1S/C12H15IN2O/c13-12-4-3-10(7-14-12)16-11-5-8-1-2-9(6-11)15-8/h3-4,7-9,11,15H,1-2,5-6H2. The summed E-state index contributed by atoms with van der Waals surface area (Å²) in [5.41, 5.74) is 0. The molecule has 0 radical (unpaired) electrons. The third-order valence-corrected chi connectivity index (χ3v) is 4.07. The Kier molecular flexibility index (Phi) is 3.02. The predicted octanol–water partition coefficient (Wildman–Crippen LogP) is 2.35. The molecular formula is C12H15IN2O. The summed E-state index contributed by atoms with van der Waals surface area (Å²) in [5.74, 6) is 0.909. The van der Waals surface area contributed by atoms with E-state index in [2.05, 4.69) is 32.9 Å². The van der Waals surface area contributed by atoms with Gasteiger partial charge in [0.15, 0.2) is 0 Å². The van der Waals surface area contributed by atoms with Gasteiger partial charge in [-0.25, -0.2) is 4.98 Å². The van der Waals surface area contributed by atoms with Gasteiger partial charge < -0.3 is 10.1 Å². The SMILES string of the molecule is Ic1ccc(OC2CC3CCC(C2)N3)cn1. The molecule has 2 bridgehead atoms. The largest absolute Gasteiger partial charge is 0.489 e. The number of hydrogen-bond donors (Lipinski definition) is 1. The van der Waals surface area contributed by atoms with Crippen molar-refractivity contribution in [2.24, 2.45) is 0 Å². The Morgan fingerprint density at radius 1 is 1.25 bits per heavy atom. The Bertz CT molecular complexity index is 356. The number of nitrogens with one attached hydrogen (secondary N) is 1. The molecule has 0 saturated carbocycles. The van der Waals surface area contributed by atoms with Crippen molar-refractivity contribution in [2.45, 2.75) is 43.9 Å². The molecule has 2 unspecified atom stereocenters. The molecule has 3 heterocycles. The van der Waals surface area contributed by atoms with Crippen LogP contribution in [0.1, 0.15) is 25.7 Å². The summed E-state index contributed by atoms with van der Waals surface area (Å²) in [6.07, 6.45) is 7.11. The lowest BCUT2D eigenvalue weighted by Crippen LogP contribution is -2.42. The summed E-state index contributed by atoms with van der Waals surface area (Å²) < 4.78 is 6.99. The third-order valence-electron chi connectivity index (χ3n) is 3.43. The Morgan fingerprint density at radius 3 is 2.62 bits per heavy atom. The summed E-state index contributed by atoms with van der Waals surface area (Å²) >= 11 is 2.21. The Labute approximate surface area is 109 Å². The van der Waals surface area contributed by atoms with E-state index in [1.165, 1.54) is 12.8 Å². The van der Waals surface area contributed by atoms with Gasteiger partial charge in [-0.1, -0.05) is 0 Å². The van der Waals surface area contributed by atoms with Crippen molar-refractivity contribution in [2.75, 3.05) is 0 Å². The zero-order valence-electron chi connectivity index (χ0n) is 9.03. The van der Waals surface area contributed by atoms with Crippen molar-refractivity contribution < 1.29 is 4.74 Å². The molecule has 2 aliphatic heterocycles. The molecule has 2 saturated heterocycles. The number of aromatic nitrogens is 1. The third kappa shape index (κ3) is 2.32. The van der Waals surface area contributed by atoms with Gasteiger partial charge in [0, 0.05) is 12.1 Å². The van der Waals surface area contributed by atoms with Crippen LogP contribution in [0.2, 0.25) is 0 Å². The van der Waals surface area contributed by atoms with E-state index in [9.17, 15) is 0 Å². The average Bonchev–Trinajstić information content (AvgIpc) is 2.62. The second-order valence-corrected chi connectivity index (χ2v) is 5.77. The topological polar surface area (TPSA) is 34.1 Å². The average molecular weight is 330 g/mol. The van der Waals surface area contributed by atoms with Crippen LogP contribution in [0.25, 0.3) is 0 Å². The summed E-state index contributed by atoms with van der Waals surface area (Å²) in [5, 5.41) is 3.62. The minimum atomic E-state index is 0.376. The number of fused-ring (bicyclic) bond motifs is 2. The van der Waals surface area contributed by atoms with Crippen LogP contribution in [-0.4, -0.2) is 23.2 Å². The van der Waals surface area contributed by atoms with E-state index in [0.29, 0.717) is 18.2 Å². The van der Waals surface area contributed by atoms with Crippen LogP contribution < -0.4 is 10.1 Å². The molecule has 2 atom stereocenters. The van der Waals surface area contributed by atoms with Crippen LogP contribution in [0, 0.1) is 3.70 Å². The van der Waals surface area contributed by atoms with Crippen molar-refractivity contribution in [1.29, 1.82) is 0 Å². The van der Waals surface area contributed by atoms with E-state index in [1.54, 1.807) is 0 Å². The lowest BCUT2D eigenvalue weighted by Gasteiger charge is -2.29. The van der Waals surface area contributed by atoms with Gasteiger partial charge in [0.1, 0.15) is 15.6 Å². The number of hydrogen-bond acceptors (Lipinski definition) is 3. The minimum absolute atomic E-state index is 0.376. The zero-order valence-corrected chi connectivity index (χ0v) is 11.2. The van der Waals surface area contributed by atoms with Gasteiger partial charge in [-0.3, -0.25) is 0 Å². The first-order valence-corrected chi connectivity index (χ1v) is 6.92. The maximum absolute atomic E-state index is 5.99. The molecule has 1 aromatic heterocycles. The number of piperidine rings is 1. The molecular weight excluding hydrogens is 315 g/mol. The number of halogens is 1. The molecule has 0 spiro atoms. The van der Waals surface area contributed by atoms with Gasteiger partial charge >= 0.3 is 0 Å². The monoisotopic (exact) mass is 330 g/mol. The van der Waals surface area contributed by atoms with E-state index in [4.69, 9.17) is 4.74 Å². The number of ether oxygens (including phenoxy) is 1. The fraction of sp³-hybridized carbons (Fsp3) is 0.583. The first-order chi connectivity index (χ1) is 7.79. The minimum Gasteiger partial charge on any atom is -0.489 e. The Balaban J connectivity index is 1.64. The van der Waals surface area contributed by atoms with Crippen molar-refractivity contribution in [1.82, 2.24) is 10.3 Å². The van der Waals surface area contributed by atoms with Gasteiger partial charge in [-0.05, 0) is 60.4 Å². The van der Waals surface area contributed by atoms with Gasteiger partial charge in [0.05, 0.1) is 6.20 Å². The molecule has 2 aliphatic rings. The Hall–Kier alpha value is -0.360. The molecule has 86 valence electrons. The van der Waals surface area contributed by atoms with E-state index in [1.807, 2.05) is 18.3 Å². The molecule has 3 rings (SSSR count). The first-order valence-electron chi connectivity index (χ1n) is 5.84. The summed E-state index contributed by atoms with van der Waals surface area (Å²) in [7, 11) is 0. The Morgan fingerprint density at radius 2 is 2.00 bits per heavy atom. The summed E-state index contributed by atoms with van der Waals surface area (Å²) in [6.45, 7) is 0. The number of pyridine rings is 1. The van der Waals surface area contributed by atoms with Gasteiger partial charge in [0.25, 0.3) is 0 Å². The quantitative estimate of drug-likeness (QED) is 0.668. The lowest BCUT2D eigenvalue weighted by molar-refractivity contribution is 0.137. The van der Waals surface area contributed by atoms with Gasteiger partial charge in [-0.2, -0.15) is 0 Å². The maximum atomic E-state index is 5.99. The smallest absolute Gasteiger partial charge is 0.138 e. The molecule has 3 nitrogen and oxygen atoms in total. The van der Waals surface area contributed by atoms with Crippen LogP contribution in [0.3, 0.4) is 0 Å². The van der Waals surface area contributed by atoms with Crippen LogP contribution in [-0.2, 0) is 0 Å². The van der Waals surface area contributed by atoms with Gasteiger partial charge in [0.2, 0.25) is 0 Å². The zero-order chi connectivity index (χ0) is 11.0. The van der Waals surface area contributed by atoms with Gasteiger partial charge in [-0.15, -0.1) is 0 Å². The summed E-state index contributed by atoms with van der Waals surface area (Å²) in [4.78, 5) is 4.24. The maximum Gasteiger partial charge on any atom is 0.138 e. The molecule has 1 aromatic rings. The van der Waals surface area contributed by atoms with Crippen LogP contribution in [0.4, 0.5) is 0 Å². The highest BCUT2D eigenvalue weighted by molar-refractivity contribution is 14.1. The fourth-order valence-electron chi connectivity index (χ4n) is 2.73. The molecule has 0 amide bonds. The summed E-state index contributed by atoms with van der Waals surface area (Å²) in [6, 6.07) is 5.37.